The van der Waals surface area contributed by atoms with Crippen molar-refractivity contribution in [3.63, 3.8) is 0 Å². The summed E-state index contributed by atoms with van der Waals surface area (Å²) in [5, 5.41) is 23.7. The van der Waals surface area contributed by atoms with Crippen molar-refractivity contribution < 1.29 is 19.7 Å². The van der Waals surface area contributed by atoms with Gasteiger partial charge in [-0.3, -0.25) is 0 Å². The number of hydrogen-bond acceptors (Lipinski definition) is 4. The minimum Gasteiger partial charge on any atom is -0.493 e. The number of ether oxygens (including phenoxy) is 2. The molecule has 0 saturated heterocycles. The molecule has 1 aliphatic rings. The lowest BCUT2D eigenvalue weighted by Crippen LogP contribution is -2.65. The van der Waals surface area contributed by atoms with Crippen molar-refractivity contribution in [1.29, 1.82) is 0 Å². The van der Waals surface area contributed by atoms with E-state index in [1.165, 1.54) is 6.26 Å². The van der Waals surface area contributed by atoms with Gasteiger partial charge in [0.2, 0.25) is 0 Å². The number of rotatable bonds is 8. The van der Waals surface area contributed by atoms with Gasteiger partial charge in [-0.05, 0) is 22.8 Å². The molecule has 4 rings (SSSR count). The molecule has 0 aliphatic carbocycles. The third kappa shape index (κ3) is 4.88. The van der Waals surface area contributed by atoms with Crippen molar-refractivity contribution >= 4 is 0 Å². The molecule has 0 fully saturated rings. The molecule has 1 aliphatic heterocycles. The van der Waals surface area contributed by atoms with Gasteiger partial charge < -0.3 is 19.7 Å². The second-order valence-electron chi connectivity index (χ2n) is 8.10. The van der Waals surface area contributed by atoms with E-state index >= 15 is 0 Å². The molecule has 2 N–H and O–H groups in total. The first-order chi connectivity index (χ1) is 15.1. The maximum absolute atomic E-state index is 12.0. The van der Waals surface area contributed by atoms with E-state index < -0.39 is 17.3 Å². The molecule has 0 aromatic heterocycles. The van der Waals surface area contributed by atoms with E-state index in [-0.39, 0.29) is 19.4 Å². The normalized spacial score (nSPS) is 25.2. The molecule has 3 aromatic carbocycles. The van der Waals surface area contributed by atoms with Crippen molar-refractivity contribution in [2.45, 2.75) is 36.8 Å². The fourth-order valence-electron chi connectivity index (χ4n) is 4.11. The predicted molar refractivity (Wildman–Crippen MR) is 120 cm³/mol. The Morgan fingerprint density at radius 1 is 0.710 bits per heavy atom. The molecule has 160 valence electrons. The van der Waals surface area contributed by atoms with Crippen molar-refractivity contribution in [2.24, 2.45) is 0 Å². The van der Waals surface area contributed by atoms with Crippen molar-refractivity contribution in [3.8, 4) is 0 Å². The molecule has 1 heterocycles. The van der Waals surface area contributed by atoms with Gasteiger partial charge in [0.25, 0.3) is 0 Å². The molecular weight excluding hydrogens is 388 g/mol. The molecule has 3 aromatic rings. The van der Waals surface area contributed by atoms with Gasteiger partial charge >= 0.3 is 0 Å². The van der Waals surface area contributed by atoms with Gasteiger partial charge in [-0.15, -0.1) is 0 Å². The Morgan fingerprint density at radius 2 is 1.23 bits per heavy atom. The maximum atomic E-state index is 12.0. The zero-order valence-corrected chi connectivity index (χ0v) is 17.4. The molecule has 3 atom stereocenters. The number of benzene rings is 3. The minimum atomic E-state index is -1.57. The van der Waals surface area contributed by atoms with Gasteiger partial charge in [0.15, 0.2) is 6.10 Å². The molecule has 0 unspecified atom stereocenters. The lowest BCUT2D eigenvalue weighted by Gasteiger charge is -2.48. The molecule has 31 heavy (non-hydrogen) atoms. The summed E-state index contributed by atoms with van der Waals surface area (Å²) < 4.78 is 11.7. The van der Waals surface area contributed by atoms with Crippen LogP contribution >= 0.6 is 0 Å². The zero-order chi connectivity index (χ0) is 21.6. The monoisotopic (exact) mass is 416 g/mol. The average molecular weight is 417 g/mol. The topological polar surface area (TPSA) is 58.9 Å². The summed E-state index contributed by atoms with van der Waals surface area (Å²) in [5.74, 6) is 0. The summed E-state index contributed by atoms with van der Waals surface area (Å²) in [4.78, 5) is 0. The molecule has 0 bridgehead atoms. The summed E-state index contributed by atoms with van der Waals surface area (Å²) >= 11 is 0. The maximum Gasteiger partial charge on any atom is 0.153 e. The Morgan fingerprint density at radius 3 is 1.81 bits per heavy atom. The Hall–Kier alpha value is -2.92. The van der Waals surface area contributed by atoms with Gasteiger partial charge in [-0.25, -0.2) is 0 Å². The summed E-state index contributed by atoms with van der Waals surface area (Å²) in [5.41, 5.74) is -0.186. The number of hydrogen-bond donors (Lipinski definition) is 2. The van der Waals surface area contributed by atoms with Crippen molar-refractivity contribution in [1.82, 2.24) is 0 Å². The van der Waals surface area contributed by atoms with Gasteiger partial charge in [-0.1, -0.05) is 91.0 Å². The highest BCUT2D eigenvalue weighted by Gasteiger charge is 2.56. The van der Waals surface area contributed by atoms with E-state index in [2.05, 4.69) is 0 Å². The molecule has 0 amide bonds. The van der Waals surface area contributed by atoms with E-state index in [9.17, 15) is 10.2 Å². The van der Waals surface area contributed by atoms with E-state index in [0.717, 1.165) is 16.7 Å². The van der Waals surface area contributed by atoms with Gasteiger partial charge in [0.1, 0.15) is 11.2 Å². The fraction of sp³-hybridized carbons (Fsp3) is 0.259. The molecule has 4 nitrogen and oxygen atoms in total. The second-order valence-corrected chi connectivity index (χ2v) is 8.10. The van der Waals surface area contributed by atoms with E-state index in [4.69, 9.17) is 9.47 Å². The molecule has 0 radical (unpaired) electrons. The van der Waals surface area contributed by atoms with Crippen LogP contribution < -0.4 is 0 Å². The summed E-state index contributed by atoms with van der Waals surface area (Å²) in [7, 11) is 0. The van der Waals surface area contributed by atoms with Gasteiger partial charge in [0.05, 0.1) is 19.5 Å². The largest absolute Gasteiger partial charge is 0.493 e. The van der Waals surface area contributed by atoms with Crippen LogP contribution in [0.4, 0.5) is 0 Å². The Kier molecular flexibility index (Phi) is 6.52. The molecule has 0 saturated carbocycles. The van der Waals surface area contributed by atoms with E-state index in [1.54, 1.807) is 6.08 Å². The van der Waals surface area contributed by atoms with Crippen molar-refractivity contribution in [2.75, 3.05) is 6.61 Å². The Balaban J connectivity index is 1.59. The SMILES string of the molecule is O[C@]1(Cc2ccccc2)[C@@H](COCc2ccccc2)OC=C[C@]1(O)Cc1ccccc1. The average Bonchev–Trinajstić information content (AvgIpc) is 2.79. The highest BCUT2D eigenvalue weighted by Crippen LogP contribution is 2.39. The molecule has 4 heteroatoms. The van der Waals surface area contributed by atoms with Crippen LogP contribution in [0, 0.1) is 0 Å². The van der Waals surface area contributed by atoms with Crippen LogP contribution in [0.15, 0.2) is 103 Å². The van der Waals surface area contributed by atoms with E-state index in [0.29, 0.717) is 6.61 Å². The molecular formula is C27H28O4. The highest BCUT2D eigenvalue weighted by atomic mass is 16.5. The third-order valence-corrected chi connectivity index (χ3v) is 5.88. The first kappa shape index (κ1) is 21.3. The van der Waals surface area contributed by atoms with Crippen LogP contribution in [0.1, 0.15) is 16.7 Å². The number of aliphatic hydroxyl groups is 2. The second kappa shape index (κ2) is 9.48. The highest BCUT2D eigenvalue weighted by molar-refractivity contribution is 5.29. The summed E-state index contributed by atoms with van der Waals surface area (Å²) in [6, 6.07) is 29.2. The van der Waals surface area contributed by atoms with Crippen LogP contribution in [0.2, 0.25) is 0 Å². The molecule has 0 spiro atoms. The van der Waals surface area contributed by atoms with E-state index in [1.807, 2.05) is 91.0 Å². The predicted octanol–water partition coefficient (Wildman–Crippen LogP) is 4.06. The zero-order valence-electron chi connectivity index (χ0n) is 17.4. The smallest absolute Gasteiger partial charge is 0.153 e. The quantitative estimate of drug-likeness (QED) is 0.581. The van der Waals surface area contributed by atoms with Crippen molar-refractivity contribution in [3.05, 3.63) is 120 Å². The lowest BCUT2D eigenvalue weighted by atomic mass is 9.70. The van der Waals surface area contributed by atoms with Crippen LogP contribution in [0.5, 0.6) is 0 Å². The first-order valence-corrected chi connectivity index (χ1v) is 10.6. The fourth-order valence-corrected chi connectivity index (χ4v) is 4.11. The summed E-state index contributed by atoms with van der Waals surface area (Å²) in [6.45, 7) is 0.558. The van der Waals surface area contributed by atoms with Gasteiger partial charge in [-0.2, -0.15) is 0 Å². The lowest BCUT2D eigenvalue weighted by molar-refractivity contribution is -0.208. The minimum absolute atomic E-state index is 0.152. The summed E-state index contributed by atoms with van der Waals surface area (Å²) in [6.07, 6.45) is 2.83. The first-order valence-electron chi connectivity index (χ1n) is 10.6. The van der Waals surface area contributed by atoms with Crippen LogP contribution in [0.3, 0.4) is 0 Å². The van der Waals surface area contributed by atoms with Gasteiger partial charge in [0, 0.05) is 12.8 Å². The Bertz CT molecular complexity index is 974. The standard InChI is InChI=1S/C27H28O4/c28-26(18-22-10-4-1-5-11-22)16-17-31-25(21-30-20-24-14-8-3-9-15-24)27(26,29)19-23-12-6-2-7-13-23/h1-17,25,28-29H,18-21H2/t25-,26+,27-/m1/s1. The third-order valence-electron chi connectivity index (χ3n) is 5.88. The Labute approximate surface area is 183 Å². The van der Waals surface area contributed by atoms with Crippen LogP contribution in [0.25, 0.3) is 0 Å². The van der Waals surface area contributed by atoms with Crippen LogP contribution in [-0.4, -0.2) is 34.1 Å². The van der Waals surface area contributed by atoms with Crippen LogP contribution in [-0.2, 0) is 28.9 Å².